The first-order valence-electron chi connectivity index (χ1n) is 5.30. The summed E-state index contributed by atoms with van der Waals surface area (Å²) in [5.74, 6) is -0.151. The number of hydrogen-bond acceptors (Lipinski definition) is 2. The minimum Gasteiger partial charge on any atom is -0.392 e. The molecule has 1 N–H and O–H groups in total. The van der Waals surface area contributed by atoms with E-state index >= 15 is 0 Å². The molecular weight excluding hydrogens is 193 g/mol. The Hall–Kier alpha value is -0.930. The van der Waals surface area contributed by atoms with Gasteiger partial charge in [0.1, 0.15) is 5.82 Å². The van der Waals surface area contributed by atoms with E-state index < -0.39 is 0 Å². The SMILES string of the molecule is Cc1ccc(F)c(CN2CC[C@@H](O)C2)c1. The van der Waals surface area contributed by atoms with E-state index in [4.69, 9.17) is 0 Å². The van der Waals surface area contributed by atoms with Crippen LogP contribution in [0.15, 0.2) is 18.2 Å². The Labute approximate surface area is 89.3 Å². The van der Waals surface area contributed by atoms with Gasteiger partial charge in [0.05, 0.1) is 6.10 Å². The zero-order chi connectivity index (χ0) is 10.8. The van der Waals surface area contributed by atoms with Crippen molar-refractivity contribution in [3.8, 4) is 0 Å². The predicted molar refractivity (Wildman–Crippen MR) is 57.0 cm³/mol. The van der Waals surface area contributed by atoms with Crippen LogP contribution in [-0.2, 0) is 6.54 Å². The van der Waals surface area contributed by atoms with Crippen LogP contribution in [0.5, 0.6) is 0 Å². The molecule has 2 nitrogen and oxygen atoms in total. The van der Waals surface area contributed by atoms with Crippen molar-refractivity contribution in [1.29, 1.82) is 0 Å². The number of aliphatic hydroxyl groups excluding tert-OH is 1. The van der Waals surface area contributed by atoms with Crippen molar-refractivity contribution < 1.29 is 9.50 Å². The van der Waals surface area contributed by atoms with E-state index in [9.17, 15) is 9.50 Å². The van der Waals surface area contributed by atoms with Crippen molar-refractivity contribution in [2.45, 2.75) is 26.0 Å². The smallest absolute Gasteiger partial charge is 0.127 e. The zero-order valence-corrected chi connectivity index (χ0v) is 8.91. The van der Waals surface area contributed by atoms with Gasteiger partial charge in [-0.1, -0.05) is 17.7 Å². The average molecular weight is 209 g/mol. The van der Waals surface area contributed by atoms with Crippen molar-refractivity contribution in [3.05, 3.63) is 35.1 Å². The first-order chi connectivity index (χ1) is 7.15. The van der Waals surface area contributed by atoms with Gasteiger partial charge in [-0.15, -0.1) is 0 Å². The third-order valence-corrected chi connectivity index (χ3v) is 2.84. The molecule has 82 valence electrons. The maximum Gasteiger partial charge on any atom is 0.127 e. The molecule has 1 aliphatic heterocycles. The molecule has 1 fully saturated rings. The molecule has 0 aliphatic carbocycles. The predicted octanol–water partition coefficient (Wildman–Crippen LogP) is 1.70. The van der Waals surface area contributed by atoms with E-state index in [-0.39, 0.29) is 11.9 Å². The van der Waals surface area contributed by atoms with Crippen LogP contribution in [-0.4, -0.2) is 29.2 Å². The van der Waals surface area contributed by atoms with Crippen molar-refractivity contribution in [3.63, 3.8) is 0 Å². The van der Waals surface area contributed by atoms with Crippen molar-refractivity contribution >= 4 is 0 Å². The van der Waals surface area contributed by atoms with Gasteiger partial charge in [-0.05, 0) is 19.4 Å². The molecule has 2 rings (SSSR count). The van der Waals surface area contributed by atoms with E-state index in [1.165, 1.54) is 6.07 Å². The first-order valence-corrected chi connectivity index (χ1v) is 5.30. The normalized spacial score (nSPS) is 22.2. The van der Waals surface area contributed by atoms with Crippen LogP contribution in [0.25, 0.3) is 0 Å². The van der Waals surface area contributed by atoms with Crippen LogP contribution in [0, 0.1) is 12.7 Å². The quantitative estimate of drug-likeness (QED) is 0.801. The molecule has 0 radical (unpaired) electrons. The summed E-state index contributed by atoms with van der Waals surface area (Å²) in [6, 6.07) is 5.16. The number of aryl methyl sites for hydroxylation is 1. The van der Waals surface area contributed by atoms with Crippen molar-refractivity contribution in [2.24, 2.45) is 0 Å². The molecule has 0 bridgehead atoms. The number of aliphatic hydroxyl groups is 1. The number of rotatable bonds is 2. The summed E-state index contributed by atoms with van der Waals surface area (Å²) < 4.78 is 13.4. The molecule has 1 heterocycles. The van der Waals surface area contributed by atoms with Crippen LogP contribution < -0.4 is 0 Å². The molecule has 1 saturated heterocycles. The molecule has 1 aromatic carbocycles. The Morgan fingerprint density at radius 1 is 1.53 bits per heavy atom. The highest BCUT2D eigenvalue weighted by molar-refractivity contribution is 5.24. The lowest BCUT2D eigenvalue weighted by Gasteiger charge is -2.15. The summed E-state index contributed by atoms with van der Waals surface area (Å²) in [6.45, 7) is 4.08. The number of β-amino-alcohol motifs (C(OH)–C–C–N with tert-alkyl or cyclic N) is 1. The van der Waals surface area contributed by atoms with Gasteiger partial charge in [-0.25, -0.2) is 4.39 Å². The van der Waals surface area contributed by atoms with Crippen LogP contribution >= 0.6 is 0 Å². The standard InChI is InChI=1S/C12H16FNO/c1-9-2-3-12(13)10(6-9)7-14-5-4-11(15)8-14/h2-3,6,11,15H,4-5,7-8H2,1H3/t11-/m1/s1. The average Bonchev–Trinajstić information content (AvgIpc) is 2.58. The second kappa shape index (κ2) is 4.29. The summed E-state index contributed by atoms with van der Waals surface area (Å²) >= 11 is 0. The molecule has 0 aromatic heterocycles. The second-order valence-corrected chi connectivity index (χ2v) is 4.27. The van der Waals surface area contributed by atoms with Gasteiger partial charge in [-0.3, -0.25) is 4.90 Å². The molecule has 3 heteroatoms. The third-order valence-electron chi connectivity index (χ3n) is 2.84. The lowest BCUT2D eigenvalue weighted by molar-refractivity contribution is 0.174. The maximum atomic E-state index is 13.4. The monoisotopic (exact) mass is 209 g/mol. The lowest BCUT2D eigenvalue weighted by atomic mass is 10.1. The Kier molecular flexibility index (Phi) is 3.03. The highest BCUT2D eigenvalue weighted by Gasteiger charge is 2.20. The molecular formula is C12H16FNO. The number of nitrogens with zero attached hydrogens (tertiary/aromatic N) is 1. The van der Waals surface area contributed by atoms with Gasteiger partial charge in [0.15, 0.2) is 0 Å². The Morgan fingerprint density at radius 3 is 3.00 bits per heavy atom. The van der Waals surface area contributed by atoms with Gasteiger partial charge in [-0.2, -0.15) is 0 Å². The molecule has 0 amide bonds. The number of likely N-dealkylation sites (tertiary alicyclic amines) is 1. The van der Waals surface area contributed by atoms with Crippen molar-refractivity contribution in [2.75, 3.05) is 13.1 Å². The second-order valence-electron chi connectivity index (χ2n) is 4.27. The summed E-state index contributed by atoms with van der Waals surface area (Å²) in [6.07, 6.45) is 0.561. The largest absolute Gasteiger partial charge is 0.392 e. The molecule has 0 saturated carbocycles. The van der Waals surface area contributed by atoms with Gasteiger partial charge in [0, 0.05) is 25.2 Å². The van der Waals surface area contributed by atoms with E-state index in [0.29, 0.717) is 13.1 Å². The first kappa shape index (κ1) is 10.6. The third kappa shape index (κ3) is 2.55. The van der Waals surface area contributed by atoms with E-state index in [0.717, 1.165) is 24.1 Å². The zero-order valence-electron chi connectivity index (χ0n) is 8.91. The minimum atomic E-state index is -0.238. The Bertz CT molecular complexity index is 353. The fourth-order valence-electron chi connectivity index (χ4n) is 2.02. The summed E-state index contributed by atoms with van der Waals surface area (Å²) in [4.78, 5) is 2.09. The van der Waals surface area contributed by atoms with E-state index in [2.05, 4.69) is 4.90 Å². The summed E-state index contributed by atoms with van der Waals surface area (Å²) in [5, 5.41) is 9.37. The Morgan fingerprint density at radius 2 is 2.33 bits per heavy atom. The molecule has 0 unspecified atom stereocenters. The highest BCUT2D eigenvalue weighted by Crippen LogP contribution is 2.16. The fourth-order valence-corrected chi connectivity index (χ4v) is 2.02. The number of halogens is 1. The van der Waals surface area contributed by atoms with Crippen LogP contribution in [0.2, 0.25) is 0 Å². The highest BCUT2D eigenvalue weighted by atomic mass is 19.1. The van der Waals surface area contributed by atoms with Crippen LogP contribution in [0.3, 0.4) is 0 Å². The summed E-state index contributed by atoms with van der Waals surface area (Å²) in [5.41, 5.74) is 1.80. The molecule has 1 aromatic rings. The van der Waals surface area contributed by atoms with Crippen LogP contribution in [0.1, 0.15) is 17.5 Å². The van der Waals surface area contributed by atoms with Gasteiger partial charge >= 0.3 is 0 Å². The summed E-state index contributed by atoms with van der Waals surface area (Å²) in [7, 11) is 0. The van der Waals surface area contributed by atoms with Crippen LogP contribution in [0.4, 0.5) is 4.39 Å². The number of hydrogen-bond donors (Lipinski definition) is 1. The Balaban J connectivity index is 2.07. The topological polar surface area (TPSA) is 23.5 Å². The molecule has 0 spiro atoms. The van der Waals surface area contributed by atoms with E-state index in [1.807, 2.05) is 13.0 Å². The van der Waals surface area contributed by atoms with Gasteiger partial charge < -0.3 is 5.11 Å². The molecule has 1 aliphatic rings. The minimum absolute atomic E-state index is 0.151. The van der Waals surface area contributed by atoms with Gasteiger partial charge in [0.2, 0.25) is 0 Å². The lowest BCUT2D eigenvalue weighted by Crippen LogP contribution is -2.22. The number of benzene rings is 1. The van der Waals surface area contributed by atoms with E-state index in [1.54, 1.807) is 6.07 Å². The molecule has 1 atom stereocenters. The maximum absolute atomic E-state index is 13.4. The fraction of sp³-hybridized carbons (Fsp3) is 0.500. The van der Waals surface area contributed by atoms with Gasteiger partial charge in [0.25, 0.3) is 0 Å². The van der Waals surface area contributed by atoms with Crippen molar-refractivity contribution in [1.82, 2.24) is 4.90 Å². The molecule has 15 heavy (non-hydrogen) atoms.